The molecule has 2 heterocycles. The number of aliphatic hydroxyl groups is 1. The summed E-state index contributed by atoms with van der Waals surface area (Å²) in [6, 6.07) is 12.0. The summed E-state index contributed by atoms with van der Waals surface area (Å²) in [4.78, 5) is 24.9. The van der Waals surface area contributed by atoms with Crippen molar-refractivity contribution in [2.45, 2.75) is 96.5 Å². The highest BCUT2D eigenvalue weighted by Gasteiger charge is 2.43. The van der Waals surface area contributed by atoms with Gasteiger partial charge >= 0.3 is 0 Å². The van der Waals surface area contributed by atoms with Crippen molar-refractivity contribution < 1.29 is 14.7 Å². The predicted octanol–water partition coefficient (Wildman–Crippen LogP) is 5.96. The van der Waals surface area contributed by atoms with E-state index in [1.54, 1.807) is 4.90 Å². The Morgan fingerprint density at radius 3 is 1.97 bits per heavy atom. The van der Waals surface area contributed by atoms with Gasteiger partial charge in [0.25, 0.3) is 0 Å². The minimum absolute atomic E-state index is 0.0174. The second-order valence-electron chi connectivity index (χ2n) is 11.6. The fourth-order valence-corrected chi connectivity index (χ4v) is 6.19. The minimum atomic E-state index is -0.0174. The van der Waals surface area contributed by atoms with E-state index in [2.05, 4.69) is 18.9 Å². The molecule has 1 N–H and O–H groups in total. The van der Waals surface area contributed by atoms with Crippen LogP contribution < -0.4 is 0 Å². The number of benzene rings is 1. The van der Waals surface area contributed by atoms with Crippen LogP contribution in [0.1, 0.15) is 90.4 Å². The van der Waals surface area contributed by atoms with Crippen LogP contribution in [0, 0.1) is 17.3 Å². The number of carbonyl (C=O) groups is 2. The maximum atomic E-state index is 10.7. The highest BCUT2D eigenvalue weighted by molar-refractivity contribution is 5.78. The van der Waals surface area contributed by atoms with Gasteiger partial charge in [0.15, 0.2) is 0 Å². The maximum absolute atomic E-state index is 10.7. The number of rotatable bonds is 3. The number of aldehydes is 1. The molecule has 2 aliphatic heterocycles. The Labute approximate surface area is 220 Å². The van der Waals surface area contributed by atoms with E-state index in [1.165, 1.54) is 57.8 Å². The molecule has 2 unspecified atom stereocenters. The van der Waals surface area contributed by atoms with Gasteiger partial charge in [0.05, 0.1) is 6.10 Å². The highest BCUT2D eigenvalue weighted by Crippen LogP contribution is 2.44. The zero-order valence-electron chi connectivity index (χ0n) is 23.2. The quantitative estimate of drug-likeness (QED) is 0.520. The second kappa shape index (κ2) is 16.9. The van der Waals surface area contributed by atoms with Crippen LogP contribution in [0.4, 0.5) is 0 Å². The Balaban J connectivity index is 0.000000174. The van der Waals surface area contributed by atoms with Crippen molar-refractivity contribution in [3.05, 3.63) is 36.4 Å². The lowest BCUT2D eigenvalue weighted by Crippen LogP contribution is -2.48. The Bertz CT molecular complexity index is 687. The van der Waals surface area contributed by atoms with E-state index in [-0.39, 0.29) is 17.4 Å². The molecule has 2 aliphatic carbocycles. The van der Waals surface area contributed by atoms with Crippen LogP contribution in [0.3, 0.4) is 0 Å². The molecule has 1 aromatic rings. The highest BCUT2D eigenvalue weighted by atomic mass is 16.3. The number of piperidine rings is 1. The van der Waals surface area contributed by atoms with E-state index in [0.717, 1.165) is 57.5 Å². The number of amides is 1. The summed E-state index contributed by atoms with van der Waals surface area (Å²) in [5.41, 5.74) is 0.285. The largest absolute Gasteiger partial charge is 0.392 e. The lowest BCUT2D eigenvalue weighted by Gasteiger charge is -2.42. The molecule has 36 heavy (non-hydrogen) atoms. The molecule has 5 heteroatoms. The average molecular weight is 501 g/mol. The summed E-state index contributed by atoms with van der Waals surface area (Å²) in [6.07, 6.45) is 16.8. The van der Waals surface area contributed by atoms with E-state index >= 15 is 0 Å². The van der Waals surface area contributed by atoms with E-state index in [9.17, 15) is 14.7 Å². The molecule has 2 saturated carbocycles. The van der Waals surface area contributed by atoms with Gasteiger partial charge in [-0.25, -0.2) is 0 Å². The molecule has 0 bridgehead atoms. The summed E-state index contributed by atoms with van der Waals surface area (Å²) in [7, 11) is 4.03. The molecule has 0 radical (unpaired) electrons. The van der Waals surface area contributed by atoms with Crippen LogP contribution in [-0.2, 0) is 9.59 Å². The average Bonchev–Trinajstić information content (AvgIpc) is 3.48. The van der Waals surface area contributed by atoms with Gasteiger partial charge in [0.1, 0.15) is 6.29 Å². The van der Waals surface area contributed by atoms with Gasteiger partial charge in [-0.15, -0.1) is 0 Å². The summed E-state index contributed by atoms with van der Waals surface area (Å²) >= 11 is 0. The molecule has 5 nitrogen and oxygen atoms in total. The predicted molar refractivity (Wildman–Crippen MR) is 149 cm³/mol. The van der Waals surface area contributed by atoms with Crippen LogP contribution in [0.25, 0.3) is 0 Å². The van der Waals surface area contributed by atoms with Crippen molar-refractivity contribution in [3.8, 4) is 0 Å². The number of aliphatic hydroxyl groups excluding tert-OH is 1. The van der Waals surface area contributed by atoms with Gasteiger partial charge in [-0.05, 0) is 44.6 Å². The third-order valence-electron chi connectivity index (χ3n) is 8.29. The Morgan fingerprint density at radius 2 is 1.53 bits per heavy atom. The van der Waals surface area contributed by atoms with E-state index in [4.69, 9.17) is 0 Å². The third kappa shape index (κ3) is 11.1. The van der Waals surface area contributed by atoms with Gasteiger partial charge in [-0.1, -0.05) is 88.3 Å². The van der Waals surface area contributed by atoms with Crippen molar-refractivity contribution in [2.24, 2.45) is 17.3 Å². The number of likely N-dealkylation sites (tertiary alicyclic amines) is 2. The first-order valence-corrected chi connectivity index (χ1v) is 14.4. The molecule has 5 rings (SSSR count). The van der Waals surface area contributed by atoms with Crippen LogP contribution in [0.5, 0.6) is 0 Å². The van der Waals surface area contributed by atoms with Crippen LogP contribution in [-0.4, -0.2) is 66.9 Å². The summed E-state index contributed by atoms with van der Waals surface area (Å²) in [5, 5.41) is 9.95. The summed E-state index contributed by atoms with van der Waals surface area (Å²) in [6.45, 7) is 5.23. The molecule has 4 fully saturated rings. The normalized spacial score (nSPS) is 25.7. The number of nitrogens with zero attached hydrogens (tertiary/aromatic N) is 2. The number of hydrogen-bond acceptors (Lipinski definition) is 4. The zero-order chi connectivity index (χ0) is 26.2. The molecular formula is C31H52N2O3. The molecule has 2 atom stereocenters. The fraction of sp³-hybridized carbons (Fsp3) is 0.742. The van der Waals surface area contributed by atoms with Crippen LogP contribution in [0.15, 0.2) is 36.4 Å². The number of hydrogen-bond donors (Lipinski definition) is 1. The van der Waals surface area contributed by atoms with Crippen molar-refractivity contribution in [1.82, 2.24) is 9.80 Å². The lowest BCUT2D eigenvalue weighted by molar-refractivity contribution is -0.126. The monoisotopic (exact) mass is 500 g/mol. The molecule has 2 saturated heterocycles. The molecule has 1 aromatic carbocycles. The minimum Gasteiger partial charge on any atom is -0.392 e. The van der Waals surface area contributed by atoms with Crippen molar-refractivity contribution >= 4 is 12.2 Å². The lowest BCUT2D eigenvalue weighted by atomic mass is 9.76. The first-order chi connectivity index (χ1) is 17.4. The van der Waals surface area contributed by atoms with E-state index in [1.807, 2.05) is 43.4 Å². The SMILES string of the molecule is CC1CC(=O)N(C)C1.CN1CCC(O)C2(CCCC2)C1.O=CCCC1CCCCC1.c1ccccc1. The van der Waals surface area contributed by atoms with Gasteiger partial charge in [0.2, 0.25) is 5.91 Å². The summed E-state index contributed by atoms with van der Waals surface area (Å²) < 4.78 is 0. The molecule has 1 spiro atoms. The van der Waals surface area contributed by atoms with Gasteiger partial charge < -0.3 is 19.7 Å². The third-order valence-corrected chi connectivity index (χ3v) is 8.29. The van der Waals surface area contributed by atoms with E-state index < -0.39 is 0 Å². The molecule has 0 aromatic heterocycles. The van der Waals surface area contributed by atoms with Gasteiger partial charge in [-0.2, -0.15) is 0 Å². The Hall–Kier alpha value is -1.72. The van der Waals surface area contributed by atoms with Crippen molar-refractivity contribution in [2.75, 3.05) is 33.7 Å². The molecular weight excluding hydrogens is 448 g/mol. The smallest absolute Gasteiger partial charge is 0.222 e. The van der Waals surface area contributed by atoms with Crippen molar-refractivity contribution in [3.63, 3.8) is 0 Å². The molecule has 1 amide bonds. The standard InChI is InChI=1S/C10H19NO.C9H16O.C6H11NO.C6H6/c1-11-7-4-9(12)10(8-11)5-2-3-6-10;10-8-4-7-9-5-2-1-3-6-9;1-5-3-6(8)7(2)4-5;1-2-4-6-5-3-1/h9,12H,2-8H2,1H3;8-9H,1-7H2;5H,3-4H2,1-2H3;1-6H. The van der Waals surface area contributed by atoms with Crippen molar-refractivity contribution in [1.29, 1.82) is 0 Å². The Morgan fingerprint density at radius 1 is 0.944 bits per heavy atom. The molecule has 204 valence electrons. The first kappa shape index (κ1) is 30.5. The molecule has 4 aliphatic rings. The second-order valence-corrected chi connectivity index (χ2v) is 11.6. The van der Waals surface area contributed by atoms with Gasteiger partial charge in [-0.3, -0.25) is 4.79 Å². The van der Waals surface area contributed by atoms with Crippen LogP contribution in [0.2, 0.25) is 0 Å². The first-order valence-electron chi connectivity index (χ1n) is 14.4. The Kier molecular flexibility index (Phi) is 14.3. The fourth-order valence-electron chi connectivity index (χ4n) is 6.19. The van der Waals surface area contributed by atoms with E-state index in [0.29, 0.717) is 5.92 Å². The number of carbonyl (C=O) groups excluding carboxylic acids is 2. The van der Waals surface area contributed by atoms with Gasteiger partial charge in [0, 0.05) is 44.9 Å². The zero-order valence-corrected chi connectivity index (χ0v) is 23.2. The maximum Gasteiger partial charge on any atom is 0.222 e. The topological polar surface area (TPSA) is 60.9 Å². The van der Waals surface area contributed by atoms with Crippen LogP contribution >= 0.6 is 0 Å². The summed E-state index contributed by atoms with van der Waals surface area (Å²) in [5.74, 6) is 1.74.